The maximum Gasteiger partial charge on any atom is 0.460 e. The van der Waals surface area contributed by atoms with E-state index in [0.717, 1.165) is 0 Å². The summed E-state index contributed by atoms with van der Waals surface area (Å²) in [5.74, 6) is -22.0. The van der Waals surface area contributed by atoms with Gasteiger partial charge in [-0.25, -0.2) is 4.90 Å². The predicted molar refractivity (Wildman–Crippen MR) is 42.3 cm³/mol. The fraction of sp³-hybridized carbons (Fsp3) is 0.500. The Labute approximate surface area is 116 Å². The zero-order chi connectivity index (χ0) is 18.6. The molecule has 0 saturated heterocycles. The monoisotopic (exact) mass is 373 g/mol. The lowest BCUT2D eigenvalue weighted by Crippen LogP contribution is -2.65. The predicted octanol–water partition coefficient (Wildman–Crippen LogP) is 4.88. The van der Waals surface area contributed by atoms with Crippen molar-refractivity contribution >= 4 is 0 Å². The standard InChI is InChI=1S/C8F13NO/c9-1-3(11)23-4(12)2(10)22(1)8(20,21)6(15,16)5(13,14)7(17,18)19. The molecule has 15 heteroatoms. The van der Waals surface area contributed by atoms with Crippen molar-refractivity contribution in [3.05, 3.63) is 23.9 Å². The SMILES string of the molecule is FC1=C(F)N(C(F)(F)C(F)(F)C(F)(F)C(F)(F)F)C(F)=C(F)O1. The molecule has 0 amide bonds. The summed E-state index contributed by atoms with van der Waals surface area (Å²) in [6, 6.07) is -13.3. The van der Waals surface area contributed by atoms with Gasteiger partial charge < -0.3 is 4.74 Å². The molecule has 1 aliphatic rings. The number of ether oxygens (including phenoxy) is 1. The van der Waals surface area contributed by atoms with Gasteiger partial charge in [0.2, 0.25) is 0 Å². The summed E-state index contributed by atoms with van der Waals surface area (Å²) in [7, 11) is 0. The van der Waals surface area contributed by atoms with Gasteiger partial charge in [-0.1, -0.05) is 0 Å². The minimum atomic E-state index is -7.54. The molecule has 0 aromatic carbocycles. The molecule has 1 aliphatic heterocycles. The van der Waals surface area contributed by atoms with E-state index in [9.17, 15) is 57.1 Å². The Balaban J connectivity index is 3.53. The van der Waals surface area contributed by atoms with Gasteiger partial charge in [0, 0.05) is 0 Å². The minimum Gasteiger partial charge on any atom is -0.397 e. The summed E-state index contributed by atoms with van der Waals surface area (Å²) in [6.45, 7) is 0. The molecule has 134 valence electrons. The quantitative estimate of drug-likeness (QED) is 0.517. The van der Waals surface area contributed by atoms with E-state index in [-0.39, 0.29) is 0 Å². The minimum absolute atomic E-state index is 2.65. The number of halogens is 13. The van der Waals surface area contributed by atoms with Crippen LogP contribution in [0.4, 0.5) is 57.1 Å². The maximum absolute atomic E-state index is 13.2. The highest BCUT2D eigenvalue weighted by Crippen LogP contribution is 2.56. The number of rotatable bonds is 3. The second-order valence-electron chi connectivity index (χ2n) is 3.75. The van der Waals surface area contributed by atoms with Gasteiger partial charge in [0.15, 0.2) is 0 Å². The Bertz CT molecular complexity index is 535. The molecule has 0 aliphatic carbocycles. The van der Waals surface area contributed by atoms with Crippen molar-refractivity contribution in [1.29, 1.82) is 0 Å². The molecule has 0 fully saturated rings. The van der Waals surface area contributed by atoms with E-state index in [1.165, 1.54) is 0 Å². The van der Waals surface area contributed by atoms with Crippen LogP contribution < -0.4 is 0 Å². The Morgan fingerprint density at radius 2 is 0.957 bits per heavy atom. The van der Waals surface area contributed by atoms with Gasteiger partial charge in [-0.05, 0) is 0 Å². The second kappa shape index (κ2) is 5.09. The van der Waals surface area contributed by atoms with E-state index in [1.54, 1.807) is 0 Å². The van der Waals surface area contributed by atoms with E-state index in [1.807, 2.05) is 0 Å². The van der Waals surface area contributed by atoms with Gasteiger partial charge in [-0.3, -0.25) is 0 Å². The van der Waals surface area contributed by atoms with Crippen LogP contribution in [0.3, 0.4) is 0 Å². The van der Waals surface area contributed by atoms with Gasteiger partial charge in [0.1, 0.15) is 0 Å². The van der Waals surface area contributed by atoms with Crippen LogP contribution in [0.25, 0.3) is 0 Å². The van der Waals surface area contributed by atoms with Crippen molar-refractivity contribution in [2.45, 2.75) is 24.1 Å². The van der Waals surface area contributed by atoms with Crippen LogP contribution in [0.15, 0.2) is 23.9 Å². The molecule has 0 atom stereocenters. The number of alkyl halides is 9. The van der Waals surface area contributed by atoms with Crippen LogP contribution in [0, 0.1) is 0 Å². The lowest BCUT2D eigenvalue weighted by Gasteiger charge is -2.38. The zero-order valence-electron chi connectivity index (χ0n) is 9.77. The van der Waals surface area contributed by atoms with E-state index in [4.69, 9.17) is 0 Å². The molecular weight excluding hydrogens is 373 g/mol. The third kappa shape index (κ3) is 2.54. The number of hydrogen-bond acceptors (Lipinski definition) is 2. The first-order valence-corrected chi connectivity index (χ1v) is 4.79. The normalized spacial score (nSPS) is 18.6. The maximum atomic E-state index is 13.2. The number of nitrogens with zero attached hydrogens (tertiary/aromatic N) is 1. The molecule has 0 bridgehead atoms. The summed E-state index contributed by atoms with van der Waals surface area (Å²) in [6.07, 6.45) is -7.29. The Hall–Kier alpha value is -1.83. The van der Waals surface area contributed by atoms with Crippen LogP contribution in [0.2, 0.25) is 0 Å². The van der Waals surface area contributed by atoms with Crippen LogP contribution in [0.1, 0.15) is 0 Å². The summed E-state index contributed by atoms with van der Waals surface area (Å²) in [4.78, 5) is -2.65. The molecule has 0 N–H and O–H groups in total. The molecule has 1 heterocycles. The molecule has 23 heavy (non-hydrogen) atoms. The van der Waals surface area contributed by atoms with Crippen LogP contribution in [0.5, 0.6) is 0 Å². The summed E-state index contributed by atoms with van der Waals surface area (Å²) >= 11 is 0. The first-order valence-electron chi connectivity index (χ1n) is 4.79. The largest absolute Gasteiger partial charge is 0.460 e. The van der Waals surface area contributed by atoms with Crippen molar-refractivity contribution in [3.63, 3.8) is 0 Å². The highest BCUT2D eigenvalue weighted by molar-refractivity contribution is 5.16. The van der Waals surface area contributed by atoms with Gasteiger partial charge in [0.25, 0.3) is 11.9 Å². The summed E-state index contributed by atoms with van der Waals surface area (Å²) < 4.78 is 166. The molecule has 0 radical (unpaired) electrons. The van der Waals surface area contributed by atoms with E-state index < -0.39 is 52.9 Å². The lowest BCUT2D eigenvalue weighted by atomic mass is 10.1. The Morgan fingerprint density at radius 1 is 0.609 bits per heavy atom. The fourth-order valence-electron chi connectivity index (χ4n) is 1.18. The molecule has 0 spiro atoms. The first-order chi connectivity index (χ1) is 10.00. The average Bonchev–Trinajstić information content (AvgIpc) is 2.34. The van der Waals surface area contributed by atoms with E-state index >= 15 is 0 Å². The third-order valence-electron chi connectivity index (χ3n) is 2.31. The van der Waals surface area contributed by atoms with Gasteiger partial charge in [-0.2, -0.15) is 57.1 Å². The summed E-state index contributed by atoms with van der Waals surface area (Å²) in [5, 5.41) is 0. The molecule has 0 saturated carbocycles. The highest BCUT2D eigenvalue weighted by Gasteiger charge is 2.84. The average molecular weight is 373 g/mol. The lowest BCUT2D eigenvalue weighted by molar-refractivity contribution is -0.416. The molecule has 0 unspecified atom stereocenters. The highest BCUT2D eigenvalue weighted by atomic mass is 19.4. The summed E-state index contributed by atoms with van der Waals surface area (Å²) in [5.41, 5.74) is 0. The molecule has 0 aromatic heterocycles. The van der Waals surface area contributed by atoms with Gasteiger partial charge in [0.05, 0.1) is 0 Å². The van der Waals surface area contributed by atoms with Crippen molar-refractivity contribution in [1.82, 2.24) is 4.90 Å². The topological polar surface area (TPSA) is 12.5 Å². The molecule has 0 aromatic rings. The van der Waals surface area contributed by atoms with Crippen molar-refractivity contribution < 1.29 is 61.8 Å². The Morgan fingerprint density at radius 3 is 1.26 bits per heavy atom. The third-order valence-corrected chi connectivity index (χ3v) is 2.31. The van der Waals surface area contributed by atoms with E-state index in [0.29, 0.717) is 0 Å². The number of hydrogen-bond donors (Lipinski definition) is 0. The van der Waals surface area contributed by atoms with E-state index in [2.05, 4.69) is 4.74 Å². The fourth-order valence-corrected chi connectivity index (χ4v) is 1.18. The zero-order valence-corrected chi connectivity index (χ0v) is 9.77. The van der Waals surface area contributed by atoms with Crippen molar-refractivity contribution in [2.75, 3.05) is 0 Å². The van der Waals surface area contributed by atoms with Crippen LogP contribution in [-0.2, 0) is 4.74 Å². The first kappa shape index (κ1) is 19.2. The molecule has 1 rings (SSSR count). The van der Waals surface area contributed by atoms with Gasteiger partial charge in [-0.15, -0.1) is 0 Å². The van der Waals surface area contributed by atoms with Crippen LogP contribution in [-0.4, -0.2) is 29.0 Å². The van der Waals surface area contributed by atoms with Crippen molar-refractivity contribution in [2.24, 2.45) is 0 Å². The molecular formula is C8F13NO. The van der Waals surface area contributed by atoms with Crippen molar-refractivity contribution in [3.8, 4) is 0 Å². The van der Waals surface area contributed by atoms with Gasteiger partial charge >= 0.3 is 36.1 Å². The smallest absolute Gasteiger partial charge is 0.397 e. The second-order valence-corrected chi connectivity index (χ2v) is 3.75. The van der Waals surface area contributed by atoms with Crippen LogP contribution >= 0.6 is 0 Å². The molecule has 2 nitrogen and oxygen atoms in total. The Kier molecular flexibility index (Phi) is 4.25.